The normalized spacial score (nSPS) is 15.2. The first kappa shape index (κ1) is 21.9. The maximum absolute atomic E-state index is 12.9. The van der Waals surface area contributed by atoms with Crippen LogP contribution in [0.3, 0.4) is 0 Å². The maximum atomic E-state index is 12.9. The zero-order valence-electron chi connectivity index (χ0n) is 17.0. The van der Waals surface area contributed by atoms with E-state index >= 15 is 0 Å². The number of halogens is 2. The first-order valence-electron chi connectivity index (χ1n) is 9.82. The number of amides is 1. The molecule has 29 heavy (non-hydrogen) atoms. The van der Waals surface area contributed by atoms with E-state index in [4.69, 9.17) is 27.9 Å². The Bertz CT molecular complexity index is 875. The molecule has 1 saturated heterocycles. The lowest BCUT2D eigenvalue weighted by Gasteiger charge is -2.25. The molecule has 0 radical (unpaired) electrons. The van der Waals surface area contributed by atoms with E-state index in [1.165, 1.54) is 0 Å². The molecule has 2 heterocycles. The van der Waals surface area contributed by atoms with E-state index in [0.29, 0.717) is 39.6 Å². The summed E-state index contributed by atoms with van der Waals surface area (Å²) in [6, 6.07) is 7.15. The molecule has 1 aliphatic heterocycles. The third-order valence-electron chi connectivity index (χ3n) is 5.04. The fourth-order valence-electron chi connectivity index (χ4n) is 3.34. The quantitative estimate of drug-likeness (QED) is 0.642. The number of pyridine rings is 1. The van der Waals surface area contributed by atoms with Crippen LogP contribution in [-0.2, 0) is 10.2 Å². The highest BCUT2D eigenvalue weighted by atomic mass is 35.5. The average Bonchev–Trinajstić information content (AvgIpc) is 2.68. The Kier molecular flexibility index (Phi) is 7.04. The third-order valence-corrected chi connectivity index (χ3v) is 5.59. The van der Waals surface area contributed by atoms with Crippen molar-refractivity contribution in [1.82, 2.24) is 10.3 Å². The van der Waals surface area contributed by atoms with Crippen LogP contribution in [0.15, 0.2) is 30.5 Å². The van der Waals surface area contributed by atoms with E-state index in [0.717, 1.165) is 31.6 Å². The molecule has 2 N–H and O–H groups in total. The largest absolute Gasteiger partial charge is 0.381 e. The highest BCUT2D eigenvalue weighted by molar-refractivity contribution is 6.36. The van der Waals surface area contributed by atoms with Gasteiger partial charge < -0.3 is 15.4 Å². The Morgan fingerprint density at radius 3 is 2.59 bits per heavy atom. The van der Waals surface area contributed by atoms with Gasteiger partial charge in [-0.05, 0) is 54.0 Å². The minimum Gasteiger partial charge on any atom is -0.381 e. The Labute approximate surface area is 182 Å². The Hall–Kier alpha value is -1.82. The van der Waals surface area contributed by atoms with Crippen LogP contribution < -0.4 is 10.6 Å². The molecular weight excluding hydrogens is 409 g/mol. The van der Waals surface area contributed by atoms with Gasteiger partial charge in [-0.3, -0.25) is 4.79 Å². The highest BCUT2D eigenvalue weighted by Crippen LogP contribution is 2.31. The molecule has 156 valence electrons. The fourth-order valence-corrected chi connectivity index (χ4v) is 3.79. The zero-order valence-corrected chi connectivity index (χ0v) is 18.5. The van der Waals surface area contributed by atoms with E-state index in [1.807, 2.05) is 6.07 Å². The molecule has 0 spiro atoms. The van der Waals surface area contributed by atoms with E-state index in [2.05, 4.69) is 36.4 Å². The smallest absolute Gasteiger partial charge is 0.253 e. The number of rotatable bonds is 5. The van der Waals surface area contributed by atoms with Crippen LogP contribution in [0.25, 0.3) is 0 Å². The minimum atomic E-state index is -0.228. The van der Waals surface area contributed by atoms with E-state index < -0.39 is 0 Å². The standard InChI is InChI=1S/C22H27Cl2N3O2/c1-22(2,3)17-11-20(27-19-5-4-15(23)10-18(19)24)25-13-16(17)21(28)26-12-14-6-8-29-9-7-14/h4-5,10-11,13-14H,6-9,12H2,1-3H3,(H,25,27)(H,26,28). The molecule has 1 aliphatic rings. The molecule has 3 rings (SSSR count). The molecule has 1 aromatic heterocycles. The van der Waals surface area contributed by atoms with Crippen molar-refractivity contribution in [2.75, 3.05) is 25.1 Å². The number of hydrogen-bond donors (Lipinski definition) is 2. The molecule has 5 nitrogen and oxygen atoms in total. The van der Waals surface area contributed by atoms with Crippen molar-refractivity contribution in [3.63, 3.8) is 0 Å². The number of hydrogen-bond acceptors (Lipinski definition) is 4. The van der Waals surface area contributed by atoms with Crippen LogP contribution in [0.1, 0.15) is 49.5 Å². The summed E-state index contributed by atoms with van der Waals surface area (Å²) in [6.07, 6.45) is 3.59. The van der Waals surface area contributed by atoms with Crippen molar-refractivity contribution in [2.24, 2.45) is 5.92 Å². The van der Waals surface area contributed by atoms with Crippen molar-refractivity contribution in [2.45, 2.75) is 39.0 Å². The van der Waals surface area contributed by atoms with Crippen LogP contribution in [0.4, 0.5) is 11.5 Å². The van der Waals surface area contributed by atoms with Gasteiger partial charge in [-0.2, -0.15) is 0 Å². The van der Waals surface area contributed by atoms with Crippen molar-refractivity contribution in [1.29, 1.82) is 0 Å². The molecule has 1 aromatic carbocycles. The summed E-state index contributed by atoms with van der Waals surface area (Å²) in [5, 5.41) is 7.37. The number of anilines is 2. The predicted octanol–water partition coefficient (Wildman–Crippen LogP) is 5.59. The number of carbonyl (C=O) groups is 1. The second-order valence-electron chi connectivity index (χ2n) is 8.38. The van der Waals surface area contributed by atoms with Gasteiger partial charge in [0.1, 0.15) is 5.82 Å². The van der Waals surface area contributed by atoms with Gasteiger partial charge in [0, 0.05) is 31.0 Å². The summed E-state index contributed by atoms with van der Waals surface area (Å²) < 4.78 is 5.39. The molecule has 0 saturated carbocycles. The van der Waals surface area contributed by atoms with Gasteiger partial charge >= 0.3 is 0 Å². The number of aromatic nitrogens is 1. The van der Waals surface area contributed by atoms with Gasteiger partial charge in [0.15, 0.2) is 0 Å². The molecule has 1 amide bonds. The predicted molar refractivity (Wildman–Crippen MR) is 119 cm³/mol. The lowest BCUT2D eigenvalue weighted by molar-refractivity contribution is 0.0642. The average molecular weight is 436 g/mol. The van der Waals surface area contributed by atoms with Crippen molar-refractivity contribution in [3.05, 3.63) is 51.6 Å². The summed E-state index contributed by atoms with van der Waals surface area (Å²) >= 11 is 12.2. The lowest BCUT2D eigenvalue weighted by Crippen LogP contribution is -2.33. The Balaban J connectivity index is 1.79. The summed E-state index contributed by atoms with van der Waals surface area (Å²) in [5.74, 6) is 0.997. The number of nitrogens with one attached hydrogen (secondary N) is 2. The van der Waals surface area contributed by atoms with Crippen LogP contribution in [0, 0.1) is 5.92 Å². The monoisotopic (exact) mass is 435 g/mol. The highest BCUT2D eigenvalue weighted by Gasteiger charge is 2.24. The first-order chi connectivity index (χ1) is 13.7. The molecule has 7 heteroatoms. The Morgan fingerprint density at radius 2 is 1.93 bits per heavy atom. The van der Waals surface area contributed by atoms with Crippen LogP contribution in [0.5, 0.6) is 0 Å². The van der Waals surface area contributed by atoms with Gasteiger partial charge in [0.05, 0.1) is 16.3 Å². The van der Waals surface area contributed by atoms with Crippen LogP contribution >= 0.6 is 23.2 Å². The molecule has 0 unspecified atom stereocenters. The summed E-state index contributed by atoms with van der Waals surface area (Å²) in [6.45, 7) is 8.43. The van der Waals surface area contributed by atoms with E-state index in [9.17, 15) is 4.79 Å². The second kappa shape index (κ2) is 9.33. The van der Waals surface area contributed by atoms with Gasteiger partial charge in [0.2, 0.25) is 0 Å². The van der Waals surface area contributed by atoms with E-state index in [-0.39, 0.29) is 11.3 Å². The lowest BCUT2D eigenvalue weighted by atomic mass is 9.84. The van der Waals surface area contributed by atoms with Crippen molar-refractivity contribution < 1.29 is 9.53 Å². The molecule has 1 fully saturated rings. The number of benzene rings is 1. The van der Waals surface area contributed by atoms with E-state index in [1.54, 1.807) is 24.4 Å². The molecule has 0 bridgehead atoms. The second-order valence-corrected chi connectivity index (χ2v) is 9.22. The summed E-state index contributed by atoms with van der Waals surface area (Å²) in [4.78, 5) is 17.3. The maximum Gasteiger partial charge on any atom is 0.253 e. The van der Waals surface area contributed by atoms with Gasteiger partial charge in [-0.25, -0.2) is 4.98 Å². The molecule has 0 aliphatic carbocycles. The molecule has 2 aromatic rings. The fraction of sp³-hybridized carbons (Fsp3) is 0.455. The SMILES string of the molecule is CC(C)(C)c1cc(Nc2ccc(Cl)cc2Cl)ncc1C(=O)NCC1CCOCC1. The number of carbonyl (C=O) groups excluding carboxylic acids is 1. The van der Waals surface area contributed by atoms with Gasteiger partial charge in [0.25, 0.3) is 5.91 Å². The zero-order chi connectivity index (χ0) is 21.0. The molecular formula is C22H27Cl2N3O2. The third kappa shape index (κ3) is 5.84. The summed E-state index contributed by atoms with van der Waals surface area (Å²) in [7, 11) is 0. The van der Waals surface area contributed by atoms with Gasteiger partial charge in [-0.15, -0.1) is 0 Å². The van der Waals surface area contributed by atoms with Crippen molar-refractivity contribution in [3.8, 4) is 0 Å². The summed E-state index contributed by atoms with van der Waals surface area (Å²) in [5.41, 5.74) is 2.00. The minimum absolute atomic E-state index is 0.0926. The first-order valence-corrected chi connectivity index (χ1v) is 10.6. The van der Waals surface area contributed by atoms with Gasteiger partial charge in [-0.1, -0.05) is 44.0 Å². The van der Waals surface area contributed by atoms with Crippen LogP contribution in [-0.4, -0.2) is 30.6 Å². The van der Waals surface area contributed by atoms with Crippen molar-refractivity contribution >= 4 is 40.6 Å². The number of nitrogens with zero attached hydrogens (tertiary/aromatic N) is 1. The Morgan fingerprint density at radius 1 is 1.21 bits per heavy atom. The molecule has 0 atom stereocenters. The topological polar surface area (TPSA) is 63.2 Å². The van der Waals surface area contributed by atoms with Crippen LogP contribution in [0.2, 0.25) is 10.0 Å². The number of ether oxygens (including phenoxy) is 1.